The van der Waals surface area contributed by atoms with Crippen molar-refractivity contribution in [1.29, 1.82) is 0 Å². The topological polar surface area (TPSA) is 74.5 Å². The van der Waals surface area contributed by atoms with Crippen LogP contribution in [0.15, 0.2) is 70.2 Å². The van der Waals surface area contributed by atoms with Gasteiger partial charge in [0.2, 0.25) is 0 Å². The number of aromatic nitrogens is 1. The van der Waals surface area contributed by atoms with E-state index in [-0.39, 0.29) is 5.56 Å². The Morgan fingerprint density at radius 3 is 2.79 bits per heavy atom. The number of H-pyrrole nitrogens is 1. The molecule has 4 rings (SSSR count). The number of benzene rings is 1. The number of rotatable bonds is 3. The molecule has 2 aliphatic rings. The smallest absolute Gasteiger partial charge is 0.257 e. The predicted octanol–water partition coefficient (Wildman–Crippen LogP) is 2.96. The van der Waals surface area contributed by atoms with Crippen LogP contribution in [-0.2, 0) is 0 Å². The van der Waals surface area contributed by atoms with Crippen LogP contribution >= 0.6 is 0 Å². The van der Waals surface area contributed by atoms with Gasteiger partial charge in [-0.3, -0.25) is 4.79 Å². The van der Waals surface area contributed by atoms with Crippen LogP contribution in [-0.4, -0.2) is 11.2 Å². The molecule has 0 radical (unpaired) electrons. The highest BCUT2D eigenvalue weighted by Gasteiger charge is 2.25. The van der Waals surface area contributed by atoms with Crippen LogP contribution in [0.25, 0.3) is 11.1 Å². The van der Waals surface area contributed by atoms with Crippen LogP contribution < -0.4 is 16.4 Å². The summed E-state index contributed by atoms with van der Waals surface area (Å²) in [6, 6.07) is 11.4. The molecule has 0 saturated heterocycles. The third-order valence-electron chi connectivity index (χ3n) is 4.37. The first kappa shape index (κ1) is 14.7. The van der Waals surface area contributed by atoms with E-state index < -0.39 is 0 Å². The molecule has 5 heteroatoms. The van der Waals surface area contributed by atoms with E-state index in [2.05, 4.69) is 16.6 Å². The molecular formula is C19H18N4O. The maximum Gasteiger partial charge on any atom is 0.257 e. The predicted molar refractivity (Wildman–Crippen MR) is 96.7 cm³/mol. The summed E-state index contributed by atoms with van der Waals surface area (Å²) < 4.78 is 0. The molecule has 1 aliphatic heterocycles. The van der Waals surface area contributed by atoms with Crippen molar-refractivity contribution in [3.63, 3.8) is 0 Å². The van der Waals surface area contributed by atoms with Gasteiger partial charge in [0.05, 0.1) is 0 Å². The fourth-order valence-electron chi connectivity index (χ4n) is 2.82. The number of hydrogen-bond donors (Lipinski definition) is 2. The summed E-state index contributed by atoms with van der Waals surface area (Å²) in [6.07, 6.45) is 5.96. The molecule has 5 nitrogen and oxygen atoms in total. The average molecular weight is 318 g/mol. The SMILES string of the molecule is C=C(/C=C1/N=Cc2cc(-c3ccccc3)c(=O)[nH]c2N1N)C1CC1. The fraction of sp³-hybridized carbons (Fsp3) is 0.158. The molecule has 0 spiro atoms. The summed E-state index contributed by atoms with van der Waals surface area (Å²) >= 11 is 0. The number of pyridine rings is 1. The quantitative estimate of drug-likeness (QED) is 0.854. The van der Waals surface area contributed by atoms with Gasteiger partial charge in [0, 0.05) is 17.3 Å². The first-order valence-electron chi connectivity index (χ1n) is 7.95. The van der Waals surface area contributed by atoms with E-state index in [9.17, 15) is 4.79 Å². The van der Waals surface area contributed by atoms with Gasteiger partial charge in [0.15, 0.2) is 0 Å². The van der Waals surface area contributed by atoms with Crippen molar-refractivity contribution in [2.24, 2.45) is 16.8 Å². The zero-order valence-corrected chi connectivity index (χ0v) is 13.2. The molecular weight excluding hydrogens is 300 g/mol. The summed E-state index contributed by atoms with van der Waals surface area (Å²) in [6.45, 7) is 4.07. The minimum atomic E-state index is -0.175. The zero-order chi connectivity index (χ0) is 16.7. The van der Waals surface area contributed by atoms with E-state index >= 15 is 0 Å². The maximum absolute atomic E-state index is 12.5. The second-order valence-electron chi connectivity index (χ2n) is 6.16. The molecule has 2 heterocycles. The lowest BCUT2D eigenvalue weighted by Crippen LogP contribution is -2.35. The monoisotopic (exact) mass is 318 g/mol. The number of anilines is 1. The van der Waals surface area contributed by atoms with Crippen LogP contribution in [0, 0.1) is 5.92 Å². The number of aliphatic imine (C=N–C) groups is 1. The van der Waals surface area contributed by atoms with Crippen LogP contribution in [0.2, 0.25) is 0 Å². The summed E-state index contributed by atoms with van der Waals surface area (Å²) in [5.41, 5.74) is 3.10. The second-order valence-corrected chi connectivity index (χ2v) is 6.16. The average Bonchev–Trinajstić information content (AvgIpc) is 3.43. The van der Waals surface area contributed by atoms with E-state index in [1.54, 1.807) is 6.21 Å². The minimum Gasteiger partial charge on any atom is -0.306 e. The molecule has 2 aromatic rings. The Labute approximate surface area is 139 Å². The van der Waals surface area contributed by atoms with Gasteiger partial charge in [0.25, 0.3) is 5.56 Å². The van der Waals surface area contributed by atoms with E-state index in [4.69, 9.17) is 5.84 Å². The Balaban J connectivity index is 1.74. The third kappa shape index (κ3) is 2.59. The molecule has 1 aliphatic carbocycles. The van der Waals surface area contributed by atoms with Gasteiger partial charge < -0.3 is 4.98 Å². The van der Waals surface area contributed by atoms with Gasteiger partial charge in [-0.15, -0.1) is 0 Å². The Kier molecular flexibility index (Phi) is 3.43. The van der Waals surface area contributed by atoms with Crippen LogP contribution in [0.4, 0.5) is 5.82 Å². The lowest BCUT2D eigenvalue weighted by atomic mass is 10.0. The highest BCUT2D eigenvalue weighted by molar-refractivity contribution is 5.92. The number of aromatic amines is 1. The summed E-state index contributed by atoms with van der Waals surface area (Å²) in [4.78, 5) is 19.8. The number of hydrazine groups is 1. The first-order chi connectivity index (χ1) is 11.6. The van der Waals surface area contributed by atoms with Crippen LogP contribution in [0.5, 0.6) is 0 Å². The molecule has 24 heavy (non-hydrogen) atoms. The second kappa shape index (κ2) is 5.62. The lowest BCUT2D eigenvalue weighted by Gasteiger charge is -2.24. The van der Waals surface area contributed by atoms with Gasteiger partial charge in [-0.2, -0.15) is 0 Å². The highest BCUT2D eigenvalue weighted by Crippen LogP contribution is 2.37. The molecule has 0 unspecified atom stereocenters. The van der Waals surface area contributed by atoms with Crippen LogP contribution in [0.3, 0.4) is 0 Å². The van der Waals surface area contributed by atoms with Crippen molar-refractivity contribution >= 4 is 12.0 Å². The van der Waals surface area contributed by atoms with Crippen molar-refractivity contribution < 1.29 is 0 Å². The Morgan fingerprint density at radius 1 is 1.33 bits per heavy atom. The van der Waals surface area contributed by atoms with Crippen molar-refractivity contribution in [3.05, 3.63) is 76.4 Å². The fourth-order valence-corrected chi connectivity index (χ4v) is 2.82. The van der Waals surface area contributed by atoms with Crippen LogP contribution in [0.1, 0.15) is 18.4 Å². The number of allylic oxidation sites excluding steroid dienone is 2. The number of nitrogens with zero attached hydrogens (tertiary/aromatic N) is 2. The molecule has 1 saturated carbocycles. The van der Waals surface area contributed by atoms with Crippen molar-refractivity contribution in [2.75, 3.05) is 5.01 Å². The molecule has 0 bridgehead atoms. The van der Waals surface area contributed by atoms with Gasteiger partial charge in [0.1, 0.15) is 11.6 Å². The number of nitrogens with one attached hydrogen (secondary N) is 1. The number of fused-ring (bicyclic) bond motifs is 1. The van der Waals surface area contributed by atoms with E-state index in [1.165, 1.54) is 17.9 Å². The first-order valence-corrected chi connectivity index (χ1v) is 7.95. The van der Waals surface area contributed by atoms with Crippen molar-refractivity contribution in [3.8, 4) is 11.1 Å². The lowest BCUT2D eigenvalue weighted by molar-refractivity contribution is 0.916. The Bertz CT molecular complexity index is 920. The summed E-state index contributed by atoms with van der Waals surface area (Å²) in [5, 5.41) is 1.42. The standard InChI is InChI=1S/C19H18N4O/c1-12(13-7-8-13)9-17-21-11-15-10-16(14-5-3-2-4-6-14)19(24)22-18(15)23(17)20/h2-6,9-11,13H,1,7-8,20H2,(H,22,24)/b17-9-. The van der Waals surface area contributed by atoms with Crippen molar-refractivity contribution in [1.82, 2.24) is 4.98 Å². The summed E-state index contributed by atoms with van der Waals surface area (Å²) in [5.74, 6) is 7.83. The molecule has 1 fully saturated rings. The number of hydrogen-bond acceptors (Lipinski definition) is 4. The van der Waals surface area contributed by atoms with E-state index in [1.807, 2.05) is 42.5 Å². The maximum atomic E-state index is 12.5. The molecule has 0 atom stereocenters. The Hall–Kier alpha value is -2.92. The Morgan fingerprint density at radius 2 is 2.08 bits per heavy atom. The molecule has 0 amide bonds. The normalized spacial score (nSPS) is 17.9. The molecule has 1 aromatic carbocycles. The van der Waals surface area contributed by atoms with Gasteiger partial charge in [-0.05, 0) is 42.0 Å². The van der Waals surface area contributed by atoms with E-state index in [0.717, 1.165) is 16.7 Å². The zero-order valence-electron chi connectivity index (χ0n) is 13.2. The van der Waals surface area contributed by atoms with Crippen molar-refractivity contribution in [2.45, 2.75) is 12.8 Å². The number of nitrogens with two attached hydrogens (primary N) is 1. The van der Waals surface area contributed by atoms with Gasteiger partial charge in [-0.25, -0.2) is 15.8 Å². The minimum absolute atomic E-state index is 0.175. The highest BCUT2D eigenvalue weighted by atomic mass is 16.1. The van der Waals surface area contributed by atoms with Gasteiger partial charge in [-0.1, -0.05) is 36.9 Å². The van der Waals surface area contributed by atoms with Gasteiger partial charge >= 0.3 is 0 Å². The summed E-state index contributed by atoms with van der Waals surface area (Å²) in [7, 11) is 0. The molecule has 3 N–H and O–H groups in total. The third-order valence-corrected chi connectivity index (χ3v) is 4.37. The molecule has 120 valence electrons. The molecule has 1 aromatic heterocycles. The largest absolute Gasteiger partial charge is 0.306 e. The van der Waals surface area contributed by atoms with E-state index in [0.29, 0.717) is 23.1 Å².